The SMILES string of the molecule is CC(C)(C)NC(=O)NC(=O)c1ccco1. The summed E-state index contributed by atoms with van der Waals surface area (Å²) in [6.07, 6.45) is 1.37. The number of hydrogen-bond donors (Lipinski definition) is 2. The van der Waals surface area contributed by atoms with E-state index in [1.165, 1.54) is 12.3 Å². The number of imide groups is 1. The molecule has 0 spiro atoms. The number of hydrogen-bond acceptors (Lipinski definition) is 3. The summed E-state index contributed by atoms with van der Waals surface area (Å²) in [5.74, 6) is -0.444. The second kappa shape index (κ2) is 4.16. The Morgan fingerprint density at radius 2 is 2.00 bits per heavy atom. The molecule has 5 heteroatoms. The standard InChI is InChI=1S/C10H14N2O3/c1-10(2,3)12-9(14)11-8(13)7-5-4-6-15-7/h4-6H,1-3H3,(H2,11,12,13,14). The van der Waals surface area contributed by atoms with Crippen molar-refractivity contribution in [3.63, 3.8) is 0 Å². The Kier molecular flexibility index (Phi) is 3.14. The van der Waals surface area contributed by atoms with Crippen LogP contribution in [0.2, 0.25) is 0 Å². The van der Waals surface area contributed by atoms with Gasteiger partial charge in [0.2, 0.25) is 0 Å². The van der Waals surface area contributed by atoms with Crippen LogP contribution < -0.4 is 10.6 Å². The van der Waals surface area contributed by atoms with Gasteiger partial charge in [-0.2, -0.15) is 0 Å². The van der Waals surface area contributed by atoms with Crippen molar-refractivity contribution in [1.29, 1.82) is 0 Å². The zero-order valence-corrected chi connectivity index (χ0v) is 8.96. The first-order valence-electron chi connectivity index (χ1n) is 4.55. The maximum Gasteiger partial charge on any atom is 0.322 e. The molecule has 3 amide bonds. The largest absolute Gasteiger partial charge is 0.459 e. The van der Waals surface area contributed by atoms with Crippen LogP contribution in [-0.2, 0) is 0 Å². The highest BCUT2D eigenvalue weighted by atomic mass is 16.3. The molecule has 1 aromatic rings. The molecule has 0 aliphatic rings. The Labute approximate surface area is 87.8 Å². The second-order valence-corrected chi connectivity index (χ2v) is 4.14. The summed E-state index contributed by atoms with van der Waals surface area (Å²) >= 11 is 0. The first-order valence-corrected chi connectivity index (χ1v) is 4.55. The van der Waals surface area contributed by atoms with E-state index >= 15 is 0 Å². The fraction of sp³-hybridized carbons (Fsp3) is 0.400. The van der Waals surface area contributed by atoms with Crippen LogP contribution in [0.15, 0.2) is 22.8 Å². The molecule has 0 atom stereocenters. The third-order valence-electron chi connectivity index (χ3n) is 1.46. The summed E-state index contributed by atoms with van der Waals surface area (Å²) in [5.41, 5.74) is -0.381. The fourth-order valence-electron chi connectivity index (χ4n) is 0.944. The number of carbonyl (C=O) groups excluding carboxylic acids is 2. The monoisotopic (exact) mass is 210 g/mol. The third kappa shape index (κ3) is 3.84. The van der Waals surface area contributed by atoms with Gasteiger partial charge in [0.15, 0.2) is 5.76 Å². The minimum atomic E-state index is -0.554. The minimum Gasteiger partial charge on any atom is -0.459 e. The summed E-state index contributed by atoms with van der Waals surface area (Å²) in [4.78, 5) is 22.6. The van der Waals surface area contributed by atoms with E-state index in [0.29, 0.717) is 0 Å². The molecule has 0 radical (unpaired) electrons. The fourth-order valence-corrected chi connectivity index (χ4v) is 0.944. The molecule has 0 aromatic carbocycles. The summed E-state index contributed by atoms with van der Waals surface area (Å²) in [5, 5.41) is 4.76. The van der Waals surface area contributed by atoms with Gasteiger partial charge in [-0.1, -0.05) is 0 Å². The van der Waals surface area contributed by atoms with Crippen LogP contribution in [0.1, 0.15) is 31.3 Å². The molecule has 1 rings (SSSR count). The molecular weight excluding hydrogens is 196 g/mol. The van der Waals surface area contributed by atoms with Gasteiger partial charge in [0.05, 0.1) is 6.26 Å². The molecule has 1 heterocycles. The molecule has 0 aliphatic carbocycles. The first kappa shape index (κ1) is 11.3. The molecule has 0 saturated heterocycles. The van der Waals surface area contributed by atoms with E-state index in [2.05, 4.69) is 10.6 Å². The third-order valence-corrected chi connectivity index (χ3v) is 1.46. The molecule has 0 fully saturated rings. The summed E-state index contributed by atoms with van der Waals surface area (Å²) in [6, 6.07) is 2.53. The Morgan fingerprint density at radius 1 is 1.33 bits per heavy atom. The van der Waals surface area contributed by atoms with Gasteiger partial charge < -0.3 is 9.73 Å². The maximum absolute atomic E-state index is 11.3. The lowest BCUT2D eigenvalue weighted by Crippen LogP contribution is -2.48. The lowest BCUT2D eigenvalue weighted by atomic mass is 10.1. The zero-order chi connectivity index (χ0) is 11.5. The molecule has 0 unspecified atom stereocenters. The van der Waals surface area contributed by atoms with Gasteiger partial charge in [-0.15, -0.1) is 0 Å². The predicted molar refractivity (Wildman–Crippen MR) is 54.5 cm³/mol. The van der Waals surface area contributed by atoms with Gasteiger partial charge in [-0.05, 0) is 32.9 Å². The van der Waals surface area contributed by atoms with Crippen LogP contribution in [0.3, 0.4) is 0 Å². The number of carbonyl (C=O) groups is 2. The van der Waals surface area contributed by atoms with E-state index in [9.17, 15) is 9.59 Å². The number of furan rings is 1. The van der Waals surface area contributed by atoms with Crippen LogP contribution >= 0.6 is 0 Å². The highest BCUT2D eigenvalue weighted by Gasteiger charge is 2.17. The van der Waals surface area contributed by atoms with Crippen molar-refractivity contribution in [3.05, 3.63) is 24.2 Å². The van der Waals surface area contributed by atoms with Crippen LogP contribution in [0, 0.1) is 0 Å². The summed E-state index contributed by atoms with van der Waals surface area (Å²) in [6.45, 7) is 5.47. The van der Waals surface area contributed by atoms with Crippen molar-refractivity contribution < 1.29 is 14.0 Å². The summed E-state index contributed by atoms with van der Waals surface area (Å²) < 4.78 is 4.83. The minimum absolute atomic E-state index is 0.110. The van der Waals surface area contributed by atoms with Crippen molar-refractivity contribution >= 4 is 11.9 Å². The van der Waals surface area contributed by atoms with E-state index < -0.39 is 11.9 Å². The highest BCUT2D eigenvalue weighted by molar-refractivity contribution is 6.02. The summed E-state index contributed by atoms with van der Waals surface area (Å²) in [7, 11) is 0. The van der Waals surface area contributed by atoms with E-state index in [4.69, 9.17) is 4.42 Å². The molecular formula is C10H14N2O3. The van der Waals surface area contributed by atoms with Crippen LogP contribution in [0.4, 0.5) is 4.79 Å². The maximum atomic E-state index is 11.3. The number of amides is 3. The van der Waals surface area contributed by atoms with Crippen molar-refractivity contribution in [3.8, 4) is 0 Å². The average molecular weight is 210 g/mol. The second-order valence-electron chi connectivity index (χ2n) is 4.14. The number of rotatable bonds is 1. The Morgan fingerprint density at radius 3 is 2.47 bits per heavy atom. The molecule has 1 aromatic heterocycles. The van der Waals surface area contributed by atoms with Crippen LogP contribution in [0.25, 0.3) is 0 Å². The first-order chi connectivity index (χ1) is 6.88. The van der Waals surface area contributed by atoms with Gasteiger partial charge in [0.25, 0.3) is 5.91 Å². The zero-order valence-electron chi connectivity index (χ0n) is 8.96. The normalized spacial score (nSPS) is 10.9. The van der Waals surface area contributed by atoms with Crippen molar-refractivity contribution in [2.45, 2.75) is 26.3 Å². The molecule has 5 nitrogen and oxygen atoms in total. The smallest absolute Gasteiger partial charge is 0.322 e. The quantitative estimate of drug-likeness (QED) is 0.738. The molecule has 0 saturated carbocycles. The van der Waals surface area contributed by atoms with Crippen molar-refractivity contribution in [2.24, 2.45) is 0 Å². The molecule has 15 heavy (non-hydrogen) atoms. The molecule has 0 aliphatic heterocycles. The average Bonchev–Trinajstić information content (AvgIpc) is 2.50. The Bertz CT molecular complexity index is 349. The molecule has 82 valence electrons. The highest BCUT2D eigenvalue weighted by Crippen LogP contribution is 2.00. The van der Waals surface area contributed by atoms with Gasteiger partial charge >= 0.3 is 6.03 Å². The van der Waals surface area contributed by atoms with Crippen LogP contribution in [-0.4, -0.2) is 17.5 Å². The molecule has 2 N–H and O–H groups in total. The van der Waals surface area contributed by atoms with Crippen molar-refractivity contribution in [1.82, 2.24) is 10.6 Å². The number of nitrogens with one attached hydrogen (secondary N) is 2. The van der Waals surface area contributed by atoms with Gasteiger partial charge in [-0.25, -0.2) is 4.79 Å². The van der Waals surface area contributed by atoms with Gasteiger partial charge in [0, 0.05) is 5.54 Å². The van der Waals surface area contributed by atoms with E-state index in [-0.39, 0.29) is 11.3 Å². The lowest BCUT2D eigenvalue weighted by molar-refractivity contribution is 0.0935. The topological polar surface area (TPSA) is 71.3 Å². The number of urea groups is 1. The lowest BCUT2D eigenvalue weighted by Gasteiger charge is -2.19. The van der Waals surface area contributed by atoms with E-state index in [1.807, 2.05) is 20.8 Å². The van der Waals surface area contributed by atoms with Crippen molar-refractivity contribution in [2.75, 3.05) is 0 Å². The Balaban J connectivity index is 2.50. The predicted octanol–water partition coefficient (Wildman–Crippen LogP) is 1.52. The molecule has 0 bridgehead atoms. The van der Waals surface area contributed by atoms with Gasteiger partial charge in [0.1, 0.15) is 0 Å². The van der Waals surface area contributed by atoms with Crippen LogP contribution in [0.5, 0.6) is 0 Å². The van der Waals surface area contributed by atoms with E-state index in [1.54, 1.807) is 6.07 Å². The Hall–Kier alpha value is -1.78. The van der Waals surface area contributed by atoms with E-state index in [0.717, 1.165) is 0 Å². The van der Waals surface area contributed by atoms with Gasteiger partial charge in [-0.3, -0.25) is 10.1 Å².